The fourth-order valence-corrected chi connectivity index (χ4v) is 2.12. The largest absolute Gasteiger partial charge is 0.397 e. The highest BCUT2D eigenvalue weighted by molar-refractivity contribution is 5.81. The van der Waals surface area contributed by atoms with Crippen LogP contribution in [0.2, 0.25) is 0 Å². The second kappa shape index (κ2) is 4.04. The number of hydrogen-bond donors (Lipinski definition) is 1. The van der Waals surface area contributed by atoms with Gasteiger partial charge in [-0.15, -0.1) is 0 Å². The van der Waals surface area contributed by atoms with Gasteiger partial charge < -0.3 is 10.3 Å². The fourth-order valence-electron chi connectivity index (χ4n) is 2.12. The van der Waals surface area contributed by atoms with Gasteiger partial charge >= 0.3 is 0 Å². The summed E-state index contributed by atoms with van der Waals surface area (Å²) in [7, 11) is 0. The summed E-state index contributed by atoms with van der Waals surface area (Å²) < 4.78 is 1.94. The molecule has 88 valence electrons. The van der Waals surface area contributed by atoms with Gasteiger partial charge in [-0.2, -0.15) is 0 Å². The van der Waals surface area contributed by atoms with Crippen molar-refractivity contribution in [3.63, 3.8) is 0 Å². The van der Waals surface area contributed by atoms with Crippen molar-refractivity contribution in [2.24, 2.45) is 0 Å². The monoisotopic (exact) mass is 236 g/mol. The lowest BCUT2D eigenvalue weighted by Crippen LogP contribution is -2.07. The Morgan fingerprint density at radius 2 is 1.61 bits per heavy atom. The highest BCUT2D eigenvalue weighted by Crippen LogP contribution is 2.20. The first-order valence-corrected chi connectivity index (χ1v) is 5.72. The summed E-state index contributed by atoms with van der Waals surface area (Å²) >= 11 is 0. The zero-order valence-corrected chi connectivity index (χ0v) is 9.71. The molecule has 0 aliphatic carbocycles. The summed E-state index contributed by atoms with van der Waals surface area (Å²) in [5.41, 5.74) is 8.44. The Labute approximate surface area is 104 Å². The molecule has 0 aliphatic rings. The van der Waals surface area contributed by atoms with E-state index in [1.165, 1.54) is 0 Å². The summed E-state index contributed by atoms with van der Waals surface area (Å²) in [4.78, 5) is 11.8. The average Bonchev–Trinajstić information content (AvgIpc) is 2.41. The second-order valence-corrected chi connectivity index (χ2v) is 4.13. The SMILES string of the molecule is Nc1ccccc1-n1ccc(=O)c2ccccc21. The van der Waals surface area contributed by atoms with Gasteiger partial charge in [-0.25, -0.2) is 0 Å². The van der Waals surface area contributed by atoms with Crippen LogP contribution in [0.1, 0.15) is 0 Å². The van der Waals surface area contributed by atoms with E-state index in [4.69, 9.17) is 5.73 Å². The topological polar surface area (TPSA) is 48.0 Å². The molecule has 18 heavy (non-hydrogen) atoms. The Hall–Kier alpha value is -2.55. The Kier molecular flexibility index (Phi) is 2.38. The lowest BCUT2D eigenvalue weighted by atomic mass is 10.2. The molecule has 0 radical (unpaired) electrons. The van der Waals surface area contributed by atoms with E-state index in [-0.39, 0.29) is 5.43 Å². The third-order valence-corrected chi connectivity index (χ3v) is 3.00. The molecule has 0 saturated carbocycles. The molecule has 0 unspecified atom stereocenters. The molecule has 0 saturated heterocycles. The summed E-state index contributed by atoms with van der Waals surface area (Å²) in [5, 5.41) is 0.697. The second-order valence-electron chi connectivity index (χ2n) is 4.13. The number of fused-ring (bicyclic) bond motifs is 1. The van der Waals surface area contributed by atoms with Gasteiger partial charge in [-0.3, -0.25) is 4.79 Å². The Bertz CT molecular complexity index is 775. The van der Waals surface area contributed by atoms with Gasteiger partial charge in [0.2, 0.25) is 0 Å². The molecule has 0 fully saturated rings. The molecule has 2 aromatic carbocycles. The number of nitrogens with zero attached hydrogens (tertiary/aromatic N) is 1. The number of rotatable bonds is 1. The van der Waals surface area contributed by atoms with Gasteiger partial charge in [0, 0.05) is 17.6 Å². The summed E-state index contributed by atoms with van der Waals surface area (Å²) in [5.74, 6) is 0. The predicted molar refractivity (Wildman–Crippen MR) is 74.0 cm³/mol. The van der Waals surface area contributed by atoms with E-state index in [1.54, 1.807) is 12.3 Å². The van der Waals surface area contributed by atoms with Crippen molar-refractivity contribution in [1.82, 2.24) is 4.57 Å². The number of anilines is 1. The minimum Gasteiger partial charge on any atom is -0.397 e. The van der Waals surface area contributed by atoms with E-state index >= 15 is 0 Å². The molecule has 0 atom stereocenters. The molecule has 0 amide bonds. The lowest BCUT2D eigenvalue weighted by Gasteiger charge is -2.12. The maximum Gasteiger partial charge on any atom is 0.189 e. The number of aromatic nitrogens is 1. The van der Waals surface area contributed by atoms with Crippen molar-refractivity contribution in [1.29, 1.82) is 0 Å². The number of benzene rings is 2. The van der Waals surface area contributed by atoms with Crippen LogP contribution in [0.3, 0.4) is 0 Å². The standard InChI is InChI=1S/C15H12N2O/c16-12-6-2-4-8-14(12)17-10-9-15(18)11-5-1-3-7-13(11)17/h1-10H,16H2. The molecule has 0 spiro atoms. The van der Waals surface area contributed by atoms with Gasteiger partial charge in [0.25, 0.3) is 0 Å². The van der Waals surface area contributed by atoms with E-state index in [9.17, 15) is 4.79 Å². The minimum atomic E-state index is 0.0244. The zero-order valence-electron chi connectivity index (χ0n) is 9.71. The Morgan fingerprint density at radius 1 is 0.889 bits per heavy atom. The van der Waals surface area contributed by atoms with E-state index in [2.05, 4.69) is 0 Å². The van der Waals surface area contributed by atoms with Crippen molar-refractivity contribution in [2.45, 2.75) is 0 Å². The highest BCUT2D eigenvalue weighted by Gasteiger charge is 2.05. The van der Waals surface area contributed by atoms with Crippen molar-refractivity contribution in [3.8, 4) is 5.69 Å². The molecule has 3 rings (SSSR count). The first-order valence-electron chi connectivity index (χ1n) is 5.72. The molecular formula is C15H12N2O. The molecule has 0 aliphatic heterocycles. The fraction of sp³-hybridized carbons (Fsp3) is 0. The van der Waals surface area contributed by atoms with E-state index in [1.807, 2.05) is 53.1 Å². The van der Waals surface area contributed by atoms with Crippen LogP contribution >= 0.6 is 0 Å². The van der Waals surface area contributed by atoms with Crippen LogP contribution in [0.4, 0.5) is 5.69 Å². The van der Waals surface area contributed by atoms with Crippen LogP contribution in [-0.2, 0) is 0 Å². The molecule has 3 nitrogen and oxygen atoms in total. The van der Waals surface area contributed by atoms with Crippen LogP contribution in [0.15, 0.2) is 65.6 Å². The average molecular weight is 236 g/mol. The Balaban J connectivity index is 2.41. The van der Waals surface area contributed by atoms with E-state index in [0.29, 0.717) is 11.1 Å². The van der Waals surface area contributed by atoms with Gasteiger partial charge in [-0.05, 0) is 24.3 Å². The number of nitrogens with two attached hydrogens (primary N) is 1. The van der Waals surface area contributed by atoms with Crippen LogP contribution in [-0.4, -0.2) is 4.57 Å². The van der Waals surface area contributed by atoms with E-state index < -0.39 is 0 Å². The first kappa shape index (κ1) is 10.6. The van der Waals surface area contributed by atoms with Gasteiger partial charge in [0.1, 0.15) is 0 Å². The van der Waals surface area contributed by atoms with Crippen LogP contribution in [0, 0.1) is 0 Å². The van der Waals surface area contributed by atoms with Crippen molar-refractivity contribution in [3.05, 3.63) is 71.0 Å². The summed E-state index contributed by atoms with van der Waals surface area (Å²) in [6.45, 7) is 0. The molecule has 1 aromatic heterocycles. The molecular weight excluding hydrogens is 224 g/mol. The van der Waals surface area contributed by atoms with E-state index in [0.717, 1.165) is 11.2 Å². The quantitative estimate of drug-likeness (QED) is 0.660. The third kappa shape index (κ3) is 1.57. The number of pyridine rings is 1. The molecule has 2 N–H and O–H groups in total. The van der Waals surface area contributed by atoms with Crippen LogP contribution in [0.5, 0.6) is 0 Å². The van der Waals surface area contributed by atoms with Gasteiger partial charge in [0.05, 0.1) is 16.9 Å². The number of nitrogen functional groups attached to an aromatic ring is 1. The smallest absolute Gasteiger partial charge is 0.189 e. The normalized spacial score (nSPS) is 10.7. The highest BCUT2D eigenvalue weighted by atomic mass is 16.1. The van der Waals surface area contributed by atoms with Crippen molar-refractivity contribution < 1.29 is 0 Å². The number of para-hydroxylation sites is 3. The van der Waals surface area contributed by atoms with Crippen LogP contribution < -0.4 is 11.2 Å². The first-order chi connectivity index (χ1) is 8.77. The summed E-state index contributed by atoms with van der Waals surface area (Å²) in [6.07, 6.45) is 1.76. The van der Waals surface area contributed by atoms with Crippen molar-refractivity contribution >= 4 is 16.6 Å². The molecule has 0 bridgehead atoms. The zero-order chi connectivity index (χ0) is 12.5. The summed E-state index contributed by atoms with van der Waals surface area (Å²) in [6, 6.07) is 16.7. The van der Waals surface area contributed by atoms with Crippen LogP contribution in [0.25, 0.3) is 16.6 Å². The van der Waals surface area contributed by atoms with Gasteiger partial charge in [0.15, 0.2) is 5.43 Å². The third-order valence-electron chi connectivity index (χ3n) is 3.00. The maximum absolute atomic E-state index is 11.8. The molecule has 3 aromatic rings. The van der Waals surface area contributed by atoms with Crippen molar-refractivity contribution in [2.75, 3.05) is 5.73 Å². The Morgan fingerprint density at radius 3 is 2.44 bits per heavy atom. The molecule has 1 heterocycles. The van der Waals surface area contributed by atoms with Gasteiger partial charge in [-0.1, -0.05) is 24.3 Å². The number of hydrogen-bond acceptors (Lipinski definition) is 2. The predicted octanol–water partition coefficient (Wildman–Crippen LogP) is 2.57. The maximum atomic E-state index is 11.8. The minimum absolute atomic E-state index is 0.0244. The molecule has 3 heteroatoms. The lowest BCUT2D eigenvalue weighted by molar-refractivity contribution is 1.10.